The van der Waals surface area contributed by atoms with Crippen LogP contribution in [0.3, 0.4) is 0 Å². The van der Waals surface area contributed by atoms with Crippen molar-refractivity contribution in [2.24, 2.45) is 0 Å². The SMILES string of the molecule is CCN(CC1CCCO1)c1c(F)cccc1CO. The predicted octanol–water partition coefficient (Wildman–Crippen LogP) is 2.32. The first-order chi connectivity index (χ1) is 8.76. The molecule has 0 aliphatic carbocycles. The molecule has 0 spiro atoms. The maximum Gasteiger partial charge on any atom is 0.146 e. The number of halogens is 1. The first-order valence-corrected chi connectivity index (χ1v) is 6.51. The lowest BCUT2D eigenvalue weighted by Gasteiger charge is -2.28. The first kappa shape index (κ1) is 13.3. The Labute approximate surface area is 107 Å². The summed E-state index contributed by atoms with van der Waals surface area (Å²) in [5.74, 6) is -0.276. The fourth-order valence-corrected chi connectivity index (χ4v) is 2.45. The summed E-state index contributed by atoms with van der Waals surface area (Å²) in [6.07, 6.45) is 2.28. The highest BCUT2D eigenvalue weighted by Crippen LogP contribution is 2.26. The summed E-state index contributed by atoms with van der Waals surface area (Å²) in [6.45, 7) is 4.03. The number of nitrogens with zero attached hydrogens (tertiary/aromatic N) is 1. The molecule has 1 heterocycles. The molecular formula is C14H20FNO2. The van der Waals surface area contributed by atoms with Crippen LogP contribution in [0.4, 0.5) is 10.1 Å². The zero-order chi connectivity index (χ0) is 13.0. The molecular weight excluding hydrogens is 233 g/mol. The molecule has 1 fully saturated rings. The fraction of sp³-hybridized carbons (Fsp3) is 0.571. The monoisotopic (exact) mass is 253 g/mol. The molecule has 100 valence electrons. The Morgan fingerprint density at radius 3 is 2.94 bits per heavy atom. The van der Waals surface area contributed by atoms with E-state index in [9.17, 15) is 9.50 Å². The number of benzene rings is 1. The summed E-state index contributed by atoms with van der Waals surface area (Å²) in [4.78, 5) is 1.96. The van der Waals surface area contributed by atoms with Crippen molar-refractivity contribution in [2.75, 3.05) is 24.6 Å². The van der Waals surface area contributed by atoms with Gasteiger partial charge in [0.25, 0.3) is 0 Å². The van der Waals surface area contributed by atoms with Crippen LogP contribution in [0, 0.1) is 5.82 Å². The average molecular weight is 253 g/mol. The fourth-order valence-electron chi connectivity index (χ4n) is 2.45. The smallest absolute Gasteiger partial charge is 0.146 e. The summed E-state index contributed by atoms with van der Waals surface area (Å²) in [5, 5.41) is 9.32. The molecule has 1 aliphatic heterocycles. The second kappa shape index (κ2) is 6.16. The van der Waals surface area contributed by atoms with Gasteiger partial charge in [0.2, 0.25) is 0 Å². The number of para-hydroxylation sites is 1. The number of ether oxygens (including phenoxy) is 1. The van der Waals surface area contributed by atoms with Crippen LogP contribution in [-0.2, 0) is 11.3 Å². The van der Waals surface area contributed by atoms with E-state index in [-0.39, 0.29) is 18.5 Å². The van der Waals surface area contributed by atoms with Crippen molar-refractivity contribution in [1.29, 1.82) is 0 Å². The second-order valence-corrected chi connectivity index (χ2v) is 4.58. The van der Waals surface area contributed by atoms with Gasteiger partial charge in [0, 0.05) is 25.3 Å². The van der Waals surface area contributed by atoms with Gasteiger partial charge in [-0.25, -0.2) is 4.39 Å². The van der Waals surface area contributed by atoms with Crippen LogP contribution >= 0.6 is 0 Å². The Hall–Kier alpha value is -1.13. The van der Waals surface area contributed by atoms with Gasteiger partial charge in [-0.3, -0.25) is 0 Å². The number of anilines is 1. The molecule has 0 saturated carbocycles. The van der Waals surface area contributed by atoms with Crippen molar-refractivity contribution in [2.45, 2.75) is 32.5 Å². The van der Waals surface area contributed by atoms with E-state index in [4.69, 9.17) is 4.74 Å². The zero-order valence-electron chi connectivity index (χ0n) is 10.7. The highest BCUT2D eigenvalue weighted by atomic mass is 19.1. The van der Waals surface area contributed by atoms with E-state index in [0.29, 0.717) is 24.3 Å². The maximum atomic E-state index is 14.0. The molecule has 1 N–H and O–H groups in total. The summed E-state index contributed by atoms with van der Waals surface area (Å²) < 4.78 is 19.5. The van der Waals surface area contributed by atoms with Gasteiger partial charge in [-0.05, 0) is 25.8 Å². The number of hydrogen-bond acceptors (Lipinski definition) is 3. The van der Waals surface area contributed by atoms with E-state index in [1.165, 1.54) is 6.07 Å². The lowest BCUT2D eigenvalue weighted by molar-refractivity contribution is 0.115. The van der Waals surface area contributed by atoms with Crippen LogP contribution in [-0.4, -0.2) is 30.9 Å². The highest BCUT2D eigenvalue weighted by Gasteiger charge is 2.21. The molecule has 1 saturated heterocycles. The minimum Gasteiger partial charge on any atom is -0.392 e. The second-order valence-electron chi connectivity index (χ2n) is 4.58. The van der Waals surface area contributed by atoms with Crippen LogP contribution in [0.1, 0.15) is 25.3 Å². The van der Waals surface area contributed by atoms with Gasteiger partial charge in [0.05, 0.1) is 18.4 Å². The van der Waals surface area contributed by atoms with Gasteiger partial charge in [0.15, 0.2) is 0 Å². The minimum atomic E-state index is -0.276. The van der Waals surface area contributed by atoms with Crippen molar-refractivity contribution < 1.29 is 14.2 Å². The number of aliphatic hydroxyl groups excluding tert-OH is 1. The maximum absolute atomic E-state index is 14.0. The Bertz CT molecular complexity index is 391. The van der Waals surface area contributed by atoms with E-state index in [0.717, 1.165) is 19.4 Å². The van der Waals surface area contributed by atoms with E-state index < -0.39 is 0 Å². The largest absolute Gasteiger partial charge is 0.392 e. The van der Waals surface area contributed by atoms with Gasteiger partial charge < -0.3 is 14.7 Å². The number of aliphatic hydroxyl groups is 1. The van der Waals surface area contributed by atoms with Gasteiger partial charge in [-0.1, -0.05) is 12.1 Å². The Balaban J connectivity index is 2.20. The van der Waals surface area contributed by atoms with Gasteiger partial charge in [-0.2, -0.15) is 0 Å². The van der Waals surface area contributed by atoms with E-state index >= 15 is 0 Å². The van der Waals surface area contributed by atoms with E-state index in [1.807, 2.05) is 11.8 Å². The third-order valence-corrected chi connectivity index (χ3v) is 3.39. The molecule has 0 radical (unpaired) electrons. The quantitative estimate of drug-likeness (QED) is 0.874. The predicted molar refractivity (Wildman–Crippen MR) is 69.2 cm³/mol. The van der Waals surface area contributed by atoms with Crippen molar-refractivity contribution in [3.05, 3.63) is 29.6 Å². The molecule has 1 unspecified atom stereocenters. The molecule has 4 heteroatoms. The molecule has 18 heavy (non-hydrogen) atoms. The molecule has 2 rings (SSSR count). The zero-order valence-corrected chi connectivity index (χ0v) is 10.7. The molecule has 0 amide bonds. The lowest BCUT2D eigenvalue weighted by atomic mass is 10.1. The Morgan fingerprint density at radius 1 is 1.50 bits per heavy atom. The first-order valence-electron chi connectivity index (χ1n) is 6.51. The summed E-state index contributed by atoms with van der Waals surface area (Å²) in [5.41, 5.74) is 1.15. The molecule has 1 aromatic rings. The number of rotatable bonds is 5. The van der Waals surface area contributed by atoms with Gasteiger partial charge in [-0.15, -0.1) is 0 Å². The van der Waals surface area contributed by atoms with Crippen molar-refractivity contribution in [1.82, 2.24) is 0 Å². The standard InChI is InChI=1S/C14H20FNO2/c1-2-16(9-12-6-4-8-18-12)14-11(10-17)5-3-7-13(14)15/h3,5,7,12,17H,2,4,6,8-10H2,1H3. The van der Waals surface area contributed by atoms with Crippen molar-refractivity contribution in [3.8, 4) is 0 Å². The van der Waals surface area contributed by atoms with Gasteiger partial charge in [0.1, 0.15) is 5.82 Å². The van der Waals surface area contributed by atoms with Crippen LogP contribution in [0.2, 0.25) is 0 Å². The molecule has 1 aromatic carbocycles. The molecule has 0 aromatic heterocycles. The summed E-state index contributed by atoms with van der Waals surface area (Å²) >= 11 is 0. The number of hydrogen-bond donors (Lipinski definition) is 1. The highest BCUT2D eigenvalue weighted by molar-refractivity contribution is 5.54. The average Bonchev–Trinajstić information content (AvgIpc) is 2.89. The molecule has 1 atom stereocenters. The van der Waals surface area contributed by atoms with Crippen LogP contribution in [0.15, 0.2) is 18.2 Å². The summed E-state index contributed by atoms with van der Waals surface area (Å²) in [7, 11) is 0. The van der Waals surface area contributed by atoms with Gasteiger partial charge >= 0.3 is 0 Å². The Morgan fingerprint density at radius 2 is 2.33 bits per heavy atom. The third-order valence-electron chi connectivity index (χ3n) is 3.39. The van der Waals surface area contributed by atoms with Crippen LogP contribution in [0.5, 0.6) is 0 Å². The topological polar surface area (TPSA) is 32.7 Å². The summed E-state index contributed by atoms with van der Waals surface area (Å²) in [6, 6.07) is 4.83. The van der Waals surface area contributed by atoms with E-state index in [1.54, 1.807) is 12.1 Å². The number of likely N-dealkylation sites (N-methyl/N-ethyl adjacent to an activating group) is 1. The Kier molecular flexibility index (Phi) is 4.55. The molecule has 0 bridgehead atoms. The lowest BCUT2D eigenvalue weighted by Crippen LogP contribution is -2.33. The van der Waals surface area contributed by atoms with Crippen molar-refractivity contribution >= 4 is 5.69 Å². The van der Waals surface area contributed by atoms with Crippen molar-refractivity contribution in [3.63, 3.8) is 0 Å². The van der Waals surface area contributed by atoms with Crippen LogP contribution < -0.4 is 4.90 Å². The molecule has 3 nitrogen and oxygen atoms in total. The third kappa shape index (κ3) is 2.82. The normalized spacial score (nSPS) is 19.2. The van der Waals surface area contributed by atoms with Crippen LogP contribution in [0.25, 0.3) is 0 Å². The minimum absolute atomic E-state index is 0.144. The molecule has 1 aliphatic rings. The van der Waals surface area contributed by atoms with E-state index in [2.05, 4.69) is 0 Å².